The number of imidazole rings is 1. The number of aromatic nitrogens is 4. The largest absolute Gasteiger partial charge is 0.496 e. The molecule has 2 N–H and O–H groups in total. The zero-order valence-electron chi connectivity index (χ0n) is 13.2. The molecule has 0 bridgehead atoms. The highest BCUT2D eigenvalue weighted by Crippen LogP contribution is 2.28. The van der Waals surface area contributed by atoms with E-state index in [1.54, 1.807) is 24.4 Å². The predicted molar refractivity (Wildman–Crippen MR) is 87.6 cm³/mol. The number of ether oxygens (including phenoxy) is 1. The average Bonchev–Trinajstić information content (AvgIpc) is 3.29. The number of hydrogen-bond donors (Lipinski definition) is 2. The molecule has 7 nitrogen and oxygen atoms in total. The number of methoxy groups -OCH3 is 1. The molecule has 0 aliphatic carbocycles. The first-order valence-corrected chi connectivity index (χ1v) is 7.75. The molecular weight excluding hydrogens is 306 g/mol. The summed E-state index contributed by atoms with van der Waals surface area (Å²) in [5, 5.41) is 7.12. The second-order valence-electron chi connectivity index (χ2n) is 5.67. The van der Waals surface area contributed by atoms with Crippen LogP contribution in [0.5, 0.6) is 5.75 Å². The number of benzene rings is 1. The van der Waals surface area contributed by atoms with Crippen LogP contribution in [0.3, 0.4) is 0 Å². The van der Waals surface area contributed by atoms with Gasteiger partial charge in [0.2, 0.25) is 0 Å². The number of carbonyl (C=O) groups is 1. The summed E-state index contributed by atoms with van der Waals surface area (Å²) in [7, 11) is 1.62. The smallest absolute Gasteiger partial charge is 0.272 e. The molecule has 3 aromatic rings. The Balaban J connectivity index is 1.58. The molecule has 1 aliphatic rings. The number of para-hydroxylation sites is 1. The van der Waals surface area contributed by atoms with Crippen LogP contribution in [0.4, 0.5) is 0 Å². The lowest BCUT2D eigenvalue weighted by Crippen LogP contribution is -2.36. The fraction of sp³-hybridized carbons (Fsp3) is 0.235. The van der Waals surface area contributed by atoms with E-state index in [9.17, 15) is 4.79 Å². The molecule has 7 heteroatoms. The summed E-state index contributed by atoms with van der Waals surface area (Å²) in [4.78, 5) is 21.9. The highest BCUT2D eigenvalue weighted by Gasteiger charge is 2.25. The summed E-state index contributed by atoms with van der Waals surface area (Å²) in [5.74, 6) is 0.659. The summed E-state index contributed by atoms with van der Waals surface area (Å²) in [6.07, 6.45) is 2.44. The molecule has 0 fully saturated rings. The monoisotopic (exact) mass is 323 g/mol. The van der Waals surface area contributed by atoms with Crippen molar-refractivity contribution < 1.29 is 9.53 Å². The number of hydrogen-bond acceptors (Lipinski definition) is 4. The van der Waals surface area contributed by atoms with Crippen LogP contribution in [0.2, 0.25) is 0 Å². The van der Waals surface area contributed by atoms with E-state index in [1.807, 2.05) is 24.3 Å². The van der Waals surface area contributed by atoms with Gasteiger partial charge in [-0.15, -0.1) is 0 Å². The van der Waals surface area contributed by atoms with Gasteiger partial charge in [-0.1, -0.05) is 12.1 Å². The lowest BCUT2D eigenvalue weighted by atomic mass is 10.1. The maximum atomic E-state index is 12.7. The number of H-pyrrole nitrogens is 2. The molecule has 0 spiro atoms. The third-order valence-electron chi connectivity index (χ3n) is 4.25. The Bertz CT molecular complexity index is 883. The van der Waals surface area contributed by atoms with Crippen molar-refractivity contribution in [3.63, 3.8) is 0 Å². The minimum atomic E-state index is -0.0658. The number of amides is 1. The van der Waals surface area contributed by atoms with Gasteiger partial charge < -0.3 is 14.6 Å². The number of carbonyl (C=O) groups excluding carboxylic acids is 1. The molecule has 1 aliphatic heterocycles. The van der Waals surface area contributed by atoms with Gasteiger partial charge in [-0.3, -0.25) is 9.89 Å². The van der Waals surface area contributed by atoms with Crippen LogP contribution in [-0.4, -0.2) is 44.6 Å². The lowest BCUT2D eigenvalue weighted by molar-refractivity contribution is 0.0726. The standard InChI is InChI=1S/C17H17N5O2/c1-24-16-5-3-2-4-11(16)13-8-14(21-20-13)17(23)22-7-6-12-15(9-22)19-10-18-12/h2-5,8,10H,6-7,9H2,1H3,(H,18,19)(H,20,21). The lowest BCUT2D eigenvalue weighted by Gasteiger charge is -2.25. The van der Waals surface area contributed by atoms with Crippen molar-refractivity contribution in [2.45, 2.75) is 13.0 Å². The van der Waals surface area contributed by atoms with E-state index in [1.165, 1.54) is 0 Å². The molecular formula is C17H17N5O2. The third kappa shape index (κ3) is 2.44. The number of aromatic amines is 2. The molecule has 24 heavy (non-hydrogen) atoms. The van der Waals surface area contributed by atoms with E-state index in [0.717, 1.165) is 29.1 Å². The van der Waals surface area contributed by atoms with Crippen LogP contribution in [0.15, 0.2) is 36.7 Å². The van der Waals surface area contributed by atoms with Crippen LogP contribution in [0.25, 0.3) is 11.3 Å². The Hall–Kier alpha value is -3.09. The number of fused-ring (bicyclic) bond motifs is 1. The van der Waals surface area contributed by atoms with E-state index in [0.29, 0.717) is 24.5 Å². The molecule has 0 saturated heterocycles. The first-order chi connectivity index (χ1) is 11.8. The second kappa shape index (κ2) is 5.84. The van der Waals surface area contributed by atoms with Crippen molar-refractivity contribution in [2.75, 3.05) is 13.7 Å². The second-order valence-corrected chi connectivity index (χ2v) is 5.67. The molecule has 0 unspecified atom stereocenters. The third-order valence-corrected chi connectivity index (χ3v) is 4.25. The zero-order chi connectivity index (χ0) is 16.5. The Morgan fingerprint density at radius 1 is 1.33 bits per heavy atom. The molecule has 4 rings (SSSR count). The van der Waals surface area contributed by atoms with Gasteiger partial charge in [-0.05, 0) is 18.2 Å². The van der Waals surface area contributed by atoms with Gasteiger partial charge in [0.25, 0.3) is 5.91 Å². The maximum absolute atomic E-state index is 12.7. The predicted octanol–water partition coefficient (Wildman–Crippen LogP) is 2.01. The van der Waals surface area contributed by atoms with Gasteiger partial charge in [0, 0.05) is 18.5 Å². The van der Waals surface area contributed by atoms with E-state index in [4.69, 9.17) is 4.74 Å². The minimum Gasteiger partial charge on any atom is -0.496 e. The van der Waals surface area contributed by atoms with Gasteiger partial charge in [0.1, 0.15) is 11.4 Å². The first kappa shape index (κ1) is 14.5. The van der Waals surface area contributed by atoms with Gasteiger partial charge in [0.05, 0.1) is 37.1 Å². The number of nitrogens with zero attached hydrogens (tertiary/aromatic N) is 3. The average molecular weight is 323 g/mol. The van der Waals surface area contributed by atoms with Gasteiger partial charge in [0.15, 0.2) is 0 Å². The van der Waals surface area contributed by atoms with Gasteiger partial charge in [-0.2, -0.15) is 5.10 Å². The van der Waals surface area contributed by atoms with E-state index in [2.05, 4.69) is 20.2 Å². The Labute approximate surface area is 138 Å². The van der Waals surface area contributed by atoms with Crippen molar-refractivity contribution >= 4 is 5.91 Å². The SMILES string of the molecule is COc1ccccc1-c1cc(C(=O)N2CCc3nc[nH]c3C2)[nH]n1. The topological polar surface area (TPSA) is 86.9 Å². The summed E-state index contributed by atoms with van der Waals surface area (Å²) in [6, 6.07) is 9.37. The van der Waals surface area contributed by atoms with Crippen LogP contribution >= 0.6 is 0 Å². The Morgan fingerprint density at radius 2 is 2.21 bits per heavy atom. The molecule has 2 aromatic heterocycles. The van der Waals surface area contributed by atoms with E-state index in [-0.39, 0.29) is 5.91 Å². The van der Waals surface area contributed by atoms with E-state index >= 15 is 0 Å². The fourth-order valence-electron chi connectivity index (χ4n) is 2.98. The van der Waals surface area contributed by atoms with Gasteiger partial charge in [-0.25, -0.2) is 4.98 Å². The fourth-order valence-corrected chi connectivity index (χ4v) is 2.98. The molecule has 1 amide bonds. The molecule has 122 valence electrons. The summed E-state index contributed by atoms with van der Waals surface area (Å²) in [6.45, 7) is 1.19. The highest BCUT2D eigenvalue weighted by molar-refractivity contribution is 5.93. The van der Waals surface area contributed by atoms with Crippen LogP contribution in [0, 0.1) is 0 Å². The van der Waals surface area contributed by atoms with Crippen LogP contribution in [-0.2, 0) is 13.0 Å². The molecule has 0 saturated carbocycles. The minimum absolute atomic E-state index is 0.0658. The summed E-state index contributed by atoms with van der Waals surface area (Å²) < 4.78 is 5.36. The number of rotatable bonds is 3. The van der Waals surface area contributed by atoms with Crippen LogP contribution < -0.4 is 4.74 Å². The van der Waals surface area contributed by atoms with Crippen LogP contribution in [0.1, 0.15) is 21.9 Å². The van der Waals surface area contributed by atoms with Crippen molar-refractivity contribution in [2.24, 2.45) is 0 Å². The normalized spacial score (nSPS) is 13.6. The van der Waals surface area contributed by atoms with E-state index < -0.39 is 0 Å². The molecule has 0 atom stereocenters. The van der Waals surface area contributed by atoms with Crippen molar-refractivity contribution in [3.8, 4) is 17.0 Å². The van der Waals surface area contributed by atoms with Crippen molar-refractivity contribution in [1.29, 1.82) is 0 Å². The summed E-state index contributed by atoms with van der Waals surface area (Å²) in [5.41, 5.74) is 4.05. The maximum Gasteiger partial charge on any atom is 0.272 e. The highest BCUT2D eigenvalue weighted by atomic mass is 16.5. The Morgan fingerprint density at radius 3 is 3.08 bits per heavy atom. The van der Waals surface area contributed by atoms with Gasteiger partial charge >= 0.3 is 0 Å². The zero-order valence-corrected chi connectivity index (χ0v) is 13.2. The number of nitrogens with one attached hydrogen (secondary N) is 2. The first-order valence-electron chi connectivity index (χ1n) is 7.75. The summed E-state index contributed by atoms with van der Waals surface area (Å²) >= 11 is 0. The molecule has 1 aromatic carbocycles. The van der Waals surface area contributed by atoms with Crippen molar-refractivity contribution in [1.82, 2.24) is 25.1 Å². The molecule has 0 radical (unpaired) electrons. The molecule has 3 heterocycles. The van der Waals surface area contributed by atoms with Crippen molar-refractivity contribution in [3.05, 3.63) is 53.7 Å². The quantitative estimate of drug-likeness (QED) is 0.772. The Kier molecular flexibility index (Phi) is 3.53.